The van der Waals surface area contributed by atoms with E-state index < -0.39 is 10.0 Å². The standard InChI is InChI=1S/C14H22N2O3S/c1-11(2)15-7-3-8-16-20(17,18)13-4-5-14-12(10-13)6-9-19-14/h4-5,10-11,15-16H,3,6-9H2,1-2H3. The Morgan fingerprint density at radius 3 is 2.85 bits per heavy atom. The van der Waals surface area contributed by atoms with Gasteiger partial charge in [0.1, 0.15) is 5.75 Å². The average Bonchev–Trinajstić information content (AvgIpc) is 2.85. The first-order valence-corrected chi connectivity index (χ1v) is 8.46. The first-order chi connectivity index (χ1) is 9.49. The molecule has 1 aromatic carbocycles. The molecule has 2 N–H and O–H groups in total. The summed E-state index contributed by atoms with van der Waals surface area (Å²) in [5, 5.41) is 3.25. The van der Waals surface area contributed by atoms with Crippen LogP contribution >= 0.6 is 0 Å². The molecule has 0 saturated heterocycles. The van der Waals surface area contributed by atoms with E-state index in [1.165, 1.54) is 0 Å². The van der Waals surface area contributed by atoms with Gasteiger partial charge in [-0.15, -0.1) is 0 Å². The zero-order chi connectivity index (χ0) is 14.6. The third kappa shape index (κ3) is 3.94. The van der Waals surface area contributed by atoms with Crippen molar-refractivity contribution >= 4 is 10.0 Å². The molecule has 2 rings (SSSR count). The molecule has 0 spiro atoms. The number of sulfonamides is 1. The minimum Gasteiger partial charge on any atom is -0.493 e. The van der Waals surface area contributed by atoms with Crippen molar-refractivity contribution in [1.29, 1.82) is 0 Å². The molecule has 112 valence electrons. The van der Waals surface area contributed by atoms with Crippen LogP contribution in [0.15, 0.2) is 23.1 Å². The van der Waals surface area contributed by atoms with E-state index in [4.69, 9.17) is 4.74 Å². The van der Waals surface area contributed by atoms with Gasteiger partial charge in [-0.1, -0.05) is 13.8 Å². The normalized spacial score (nSPS) is 14.3. The summed E-state index contributed by atoms with van der Waals surface area (Å²) >= 11 is 0. The fourth-order valence-corrected chi connectivity index (χ4v) is 3.22. The van der Waals surface area contributed by atoms with E-state index in [2.05, 4.69) is 23.9 Å². The smallest absolute Gasteiger partial charge is 0.240 e. The second-order valence-electron chi connectivity index (χ2n) is 5.23. The molecule has 1 heterocycles. The van der Waals surface area contributed by atoms with Gasteiger partial charge in [0.05, 0.1) is 11.5 Å². The quantitative estimate of drug-likeness (QED) is 0.744. The lowest BCUT2D eigenvalue weighted by atomic mass is 10.2. The largest absolute Gasteiger partial charge is 0.493 e. The van der Waals surface area contributed by atoms with E-state index in [1.54, 1.807) is 18.2 Å². The van der Waals surface area contributed by atoms with Crippen LogP contribution in [-0.4, -0.2) is 34.2 Å². The monoisotopic (exact) mass is 298 g/mol. The molecule has 0 saturated carbocycles. The number of ether oxygens (including phenoxy) is 1. The molecule has 0 aliphatic carbocycles. The van der Waals surface area contributed by atoms with Crippen LogP contribution in [0.25, 0.3) is 0 Å². The van der Waals surface area contributed by atoms with Crippen molar-refractivity contribution in [3.8, 4) is 5.75 Å². The predicted octanol–water partition coefficient (Wildman–Crippen LogP) is 1.29. The lowest BCUT2D eigenvalue weighted by Crippen LogP contribution is -2.29. The maximum Gasteiger partial charge on any atom is 0.240 e. The van der Waals surface area contributed by atoms with Crippen LogP contribution in [0.5, 0.6) is 5.75 Å². The molecular weight excluding hydrogens is 276 g/mol. The Balaban J connectivity index is 1.90. The van der Waals surface area contributed by atoms with Crippen LogP contribution in [-0.2, 0) is 16.4 Å². The number of hydrogen-bond donors (Lipinski definition) is 2. The van der Waals surface area contributed by atoms with Gasteiger partial charge in [0.15, 0.2) is 0 Å². The van der Waals surface area contributed by atoms with Crippen LogP contribution in [0.2, 0.25) is 0 Å². The Hall–Kier alpha value is -1.11. The molecule has 0 bridgehead atoms. The number of fused-ring (bicyclic) bond motifs is 1. The molecule has 0 aromatic heterocycles. The molecule has 0 fully saturated rings. The first-order valence-electron chi connectivity index (χ1n) is 6.98. The van der Waals surface area contributed by atoms with Crippen molar-refractivity contribution in [2.24, 2.45) is 0 Å². The van der Waals surface area contributed by atoms with Crippen LogP contribution in [0, 0.1) is 0 Å². The summed E-state index contributed by atoms with van der Waals surface area (Å²) in [6.45, 7) is 6.01. The Kier molecular flexibility index (Phi) is 5.01. The lowest BCUT2D eigenvalue weighted by molar-refractivity contribution is 0.356. The Morgan fingerprint density at radius 2 is 2.10 bits per heavy atom. The summed E-state index contributed by atoms with van der Waals surface area (Å²) in [5.74, 6) is 0.796. The molecule has 0 unspecified atom stereocenters. The Morgan fingerprint density at radius 1 is 1.30 bits per heavy atom. The van der Waals surface area contributed by atoms with E-state index in [9.17, 15) is 8.42 Å². The van der Waals surface area contributed by atoms with Gasteiger partial charge in [-0.05, 0) is 36.7 Å². The number of hydrogen-bond acceptors (Lipinski definition) is 4. The Labute approximate surface area is 120 Å². The van der Waals surface area contributed by atoms with E-state index in [1.807, 2.05) is 0 Å². The zero-order valence-electron chi connectivity index (χ0n) is 12.0. The van der Waals surface area contributed by atoms with Gasteiger partial charge in [0, 0.05) is 19.0 Å². The molecule has 6 heteroatoms. The highest BCUT2D eigenvalue weighted by molar-refractivity contribution is 7.89. The molecule has 0 atom stereocenters. The molecule has 0 radical (unpaired) electrons. The highest BCUT2D eigenvalue weighted by Gasteiger charge is 2.18. The zero-order valence-corrected chi connectivity index (χ0v) is 12.8. The molecule has 1 aliphatic rings. The van der Waals surface area contributed by atoms with Gasteiger partial charge < -0.3 is 10.1 Å². The molecule has 1 aliphatic heterocycles. The highest BCUT2D eigenvalue weighted by Crippen LogP contribution is 2.27. The molecular formula is C14H22N2O3S. The van der Waals surface area contributed by atoms with Gasteiger partial charge in [0.25, 0.3) is 0 Å². The molecule has 0 amide bonds. The second-order valence-corrected chi connectivity index (χ2v) is 7.00. The second kappa shape index (κ2) is 6.56. The van der Waals surface area contributed by atoms with Crippen molar-refractivity contribution in [1.82, 2.24) is 10.0 Å². The van der Waals surface area contributed by atoms with E-state index in [-0.39, 0.29) is 0 Å². The topological polar surface area (TPSA) is 67.4 Å². The summed E-state index contributed by atoms with van der Waals surface area (Å²) in [6.07, 6.45) is 1.54. The van der Waals surface area contributed by atoms with Gasteiger partial charge in [-0.3, -0.25) is 0 Å². The van der Waals surface area contributed by atoms with E-state index in [0.29, 0.717) is 24.1 Å². The summed E-state index contributed by atoms with van der Waals surface area (Å²) in [6, 6.07) is 5.45. The van der Waals surface area contributed by atoms with Crippen molar-refractivity contribution in [2.75, 3.05) is 19.7 Å². The molecule has 5 nitrogen and oxygen atoms in total. The molecule has 20 heavy (non-hydrogen) atoms. The summed E-state index contributed by atoms with van der Waals surface area (Å²) < 4.78 is 32.3. The van der Waals surface area contributed by atoms with Crippen LogP contribution in [0.1, 0.15) is 25.8 Å². The Bertz CT molecular complexity index is 556. The van der Waals surface area contributed by atoms with Crippen molar-refractivity contribution in [3.05, 3.63) is 23.8 Å². The van der Waals surface area contributed by atoms with Gasteiger partial charge >= 0.3 is 0 Å². The van der Waals surface area contributed by atoms with Gasteiger partial charge in [-0.2, -0.15) is 0 Å². The summed E-state index contributed by atoms with van der Waals surface area (Å²) in [7, 11) is -3.42. The highest BCUT2D eigenvalue weighted by atomic mass is 32.2. The third-order valence-electron chi connectivity index (χ3n) is 3.17. The van der Waals surface area contributed by atoms with Crippen LogP contribution < -0.4 is 14.8 Å². The minimum atomic E-state index is -3.42. The van der Waals surface area contributed by atoms with Crippen molar-refractivity contribution in [3.63, 3.8) is 0 Å². The number of nitrogens with one attached hydrogen (secondary N) is 2. The van der Waals surface area contributed by atoms with Crippen LogP contribution in [0.3, 0.4) is 0 Å². The molecule has 1 aromatic rings. The number of benzene rings is 1. The average molecular weight is 298 g/mol. The SMILES string of the molecule is CC(C)NCCCNS(=O)(=O)c1ccc2c(c1)CCO2. The van der Waals surface area contributed by atoms with E-state index >= 15 is 0 Å². The first kappa shape index (κ1) is 15.3. The van der Waals surface area contributed by atoms with Gasteiger partial charge in [-0.25, -0.2) is 13.1 Å². The van der Waals surface area contributed by atoms with Gasteiger partial charge in [0.2, 0.25) is 10.0 Å². The third-order valence-corrected chi connectivity index (χ3v) is 4.63. The summed E-state index contributed by atoms with van der Waals surface area (Å²) in [5.41, 5.74) is 0.967. The van der Waals surface area contributed by atoms with Crippen molar-refractivity contribution in [2.45, 2.75) is 37.6 Å². The lowest BCUT2D eigenvalue weighted by Gasteiger charge is -2.10. The summed E-state index contributed by atoms with van der Waals surface area (Å²) in [4.78, 5) is 0.318. The fourth-order valence-electron chi connectivity index (χ4n) is 2.10. The fraction of sp³-hybridized carbons (Fsp3) is 0.571. The van der Waals surface area contributed by atoms with E-state index in [0.717, 1.165) is 30.7 Å². The number of rotatable bonds is 7. The van der Waals surface area contributed by atoms with Crippen LogP contribution in [0.4, 0.5) is 0 Å². The maximum absolute atomic E-state index is 12.2. The van der Waals surface area contributed by atoms with Crippen molar-refractivity contribution < 1.29 is 13.2 Å². The maximum atomic E-state index is 12.2. The predicted molar refractivity (Wildman–Crippen MR) is 78.6 cm³/mol. The minimum absolute atomic E-state index is 0.318.